The number of rotatable bonds is 8. The summed E-state index contributed by atoms with van der Waals surface area (Å²) in [5.41, 5.74) is 4.38. The van der Waals surface area contributed by atoms with Gasteiger partial charge in [0.05, 0.1) is 21.7 Å². The van der Waals surface area contributed by atoms with E-state index >= 15 is 0 Å². The zero-order chi connectivity index (χ0) is 25.8. The molecule has 182 valence electrons. The lowest BCUT2D eigenvalue weighted by atomic mass is 10.1. The highest BCUT2D eigenvalue weighted by molar-refractivity contribution is 7.92. The van der Waals surface area contributed by atoms with E-state index in [2.05, 4.69) is 10.5 Å². The number of anilines is 1. The third-order valence-corrected chi connectivity index (χ3v) is 7.40. The molecule has 9 nitrogen and oxygen atoms in total. The first kappa shape index (κ1) is 26.1. The van der Waals surface area contributed by atoms with Crippen LogP contribution in [-0.2, 0) is 14.8 Å². The molecule has 12 heteroatoms. The molecule has 35 heavy (non-hydrogen) atoms. The molecule has 0 aromatic heterocycles. The number of nitro benzene ring substituents is 1. The van der Waals surface area contributed by atoms with Gasteiger partial charge in [-0.2, -0.15) is 5.10 Å². The van der Waals surface area contributed by atoms with Gasteiger partial charge in [0, 0.05) is 16.7 Å². The normalized spacial score (nSPS) is 11.4. The summed E-state index contributed by atoms with van der Waals surface area (Å²) in [6.45, 7) is 3.16. The van der Waals surface area contributed by atoms with Crippen molar-refractivity contribution in [2.45, 2.75) is 18.7 Å². The van der Waals surface area contributed by atoms with Gasteiger partial charge in [-0.1, -0.05) is 35.3 Å². The van der Waals surface area contributed by atoms with Gasteiger partial charge in [0.15, 0.2) is 0 Å². The van der Waals surface area contributed by atoms with Crippen molar-refractivity contribution in [1.29, 1.82) is 0 Å². The van der Waals surface area contributed by atoms with Crippen LogP contribution in [0.5, 0.6) is 0 Å². The maximum Gasteiger partial charge on any atom is 0.288 e. The second-order valence-corrected chi connectivity index (χ2v) is 10.2. The van der Waals surface area contributed by atoms with Crippen LogP contribution in [0.25, 0.3) is 0 Å². The number of sulfonamides is 1. The second-order valence-electron chi connectivity index (χ2n) is 7.50. The van der Waals surface area contributed by atoms with Gasteiger partial charge in [-0.3, -0.25) is 19.2 Å². The van der Waals surface area contributed by atoms with Crippen LogP contribution in [0.3, 0.4) is 0 Å². The van der Waals surface area contributed by atoms with Crippen molar-refractivity contribution in [2.24, 2.45) is 5.10 Å². The number of nitrogens with one attached hydrogen (secondary N) is 1. The molecule has 0 heterocycles. The first-order valence-corrected chi connectivity index (χ1v) is 12.3. The first-order valence-electron chi connectivity index (χ1n) is 10.1. The summed E-state index contributed by atoms with van der Waals surface area (Å²) in [6.07, 6.45) is 1.19. The van der Waals surface area contributed by atoms with Crippen molar-refractivity contribution >= 4 is 56.7 Å². The summed E-state index contributed by atoms with van der Waals surface area (Å²) in [5.74, 6) is -0.722. The third-order valence-electron chi connectivity index (χ3n) is 5.04. The van der Waals surface area contributed by atoms with E-state index in [0.717, 1.165) is 15.4 Å². The molecule has 3 aromatic carbocycles. The monoisotopic (exact) mass is 534 g/mol. The van der Waals surface area contributed by atoms with Crippen LogP contribution in [0.2, 0.25) is 10.0 Å². The fraction of sp³-hybridized carbons (Fsp3) is 0.130. The van der Waals surface area contributed by atoms with Crippen LogP contribution in [0.4, 0.5) is 11.4 Å². The van der Waals surface area contributed by atoms with Gasteiger partial charge in [0.25, 0.3) is 21.6 Å². The first-order chi connectivity index (χ1) is 16.5. The van der Waals surface area contributed by atoms with E-state index in [9.17, 15) is 23.3 Å². The molecular formula is C23H20Cl2N4O5S. The van der Waals surface area contributed by atoms with Crippen molar-refractivity contribution in [3.63, 3.8) is 0 Å². The minimum absolute atomic E-state index is 0.0346. The Morgan fingerprint density at radius 1 is 1.06 bits per heavy atom. The fourth-order valence-electron chi connectivity index (χ4n) is 3.02. The highest BCUT2D eigenvalue weighted by Gasteiger charge is 2.27. The fourth-order valence-corrected chi connectivity index (χ4v) is 4.75. The standard InChI is InChI=1S/C23H20Cl2N4O5S/c1-15-3-7-19(11-16(15)2)28(35(33,34)20-8-5-18(24)6-9-20)14-23(30)27-26-13-17-4-10-21(25)22(12-17)29(31)32/h3-13H,14H2,1-2H3,(H,27,30)/b26-13-. The molecule has 3 aromatic rings. The average molecular weight is 535 g/mol. The summed E-state index contributed by atoms with van der Waals surface area (Å²) < 4.78 is 27.8. The topological polar surface area (TPSA) is 122 Å². The van der Waals surface area contributed by atoms with Crippen LogP contribution in [0.15, 0.2) is 70.7 Å². The largest absolute Gasteiger partial charge is 0.288 e. The Balaban J connectivity index is 1.86. The lowest BCUT2D eigenvalue weighted by molar-refractivity contribution is -0.384. The number of benzene rings is 3. The number of hydrazone groups is 1. The van der Waals surface area contributed by atoms with Crippen molar-refractivity contribution < 1.29 is 18.1 Å². The number of hydrogen-bond acceptors (Lipinski definition) is 6. The van der Waals surface area contributed by atoms with E-state index in [-0.39, 0.29) is 15.6 Å². The van der Waals surface area contributed by atoms with E-state index in [4.69, 9.17) is 23.2 Å². The maximum atomic E-state index is 13.4. The van der Waals surface area contributed by atoms with E-state index in [1.165, 1.54) is 48.7 Å². The number of amides is 1. The van der Waals surface area contributed by atoms with Crippen LogP contribution < -0.4 is 9.73 Å². The molecule has 0 atom stereocenters. The highest BCUT2D eigenvalue weighted by atomic mass is 35.5. The van der Waals surface area contributed by atoms with E-state index < -0.39 is 27.4 Å². The van der Waals surface area contributed by atoms with E-state index in [1.54, 1.807) is 18.2 Å². The number of carbonyl (C=O) groups excluding carboxylic acids is 1. The number of aryl methyl sites for hydroxylation is 2. The van der Waals surface area contributed by atoms with Gasteiger partial charge < -0.3 is 0 Å². The Hall–Kier alpha value is -3.47. The van der Waals surface area contributed by atoms with Gasteiger partial charge in [-0.25, -0.2) is 13.8 Å². The van der Waals surface area contributed by atoms with Gasteiger partial charge in [-0.15, -0.1) is 0 Å². The lowest BCUT2D eigenvalue weighted by Crippen LogP contribution is -2.39. The molecule has 0 fully saturated rings. The van der Waals surface area contributed by atoms with Crippen LogP contribution in [0.1, 0.15) is 16.7 Å². The smallest absolute Gasteiger partial charge is 0.271 e. The number of halogens is 2. The van der Waals surface area contributed by atoms with Crippen LogP contribution in [-0.4, -0.2) is 32.0 Å². The Bertz CT molecular complexity index is 1410. The Morgan fingerprint density at radius 2 is 1.74 bits per heavy atom. The number of nitrogens with zero attached hydrogens (tertiary/aromatic N) is 3. The van der Waals surface area contributed by atoms with Crippen molar-refractivity contribution in [1.82, 2.24) is 5.43 Å². The molecule has 0 unspecified atom stereocenters. The maximum absolute atomic E-state index is 13.4. The second kappa shape index (κ2) is 10.9. The molecule has 0 saturated heterocycles. The third kappa shape index (κ3) is 6.36. The number of carbonyl (C=O) groups is 1. The molecular weight excluding hydrogens is 515 g/mol. The number of hydrogen-bond donors (Lipinski definition) is 1. The lowest BCUT2D eigenvalue weighted by Gasteiger charge is -2.24. The van der Waals surface area contributed by atoms with Crippen molar-refractivity contribution in [2.75, 3.05) is 10.8 Å². The minimum Gasteiger partial charge on any atom is -0.271 e. The summed E-state index contributed by atoms with van der Waals surface area (Å²) in [7, 11) is -4.12. The average Bonchev–Trinajstić information content (AvgIpc) is 2.80. The summed E-state index contributed by atoms with van der Waals surface area (Å²) >= 11 is 11.7. The van der Waals surface area contributed by atoms with Gasteiger partial charge in [0.2, 0.25) is 0 Å². The summed E-state index contributed by atoms with van der Waals surface area (Å²) in [4.78, 5) is 23.0. The molecule has 0 radical (unpaired) electrons. The minimum atomic E-state index is -4.12. The quantitative estimate of drug-likeness (QED) is 0.251. The molecule has 0 aliphatic carbocycles. The Morgan fingerprint density at radius 3 is 2.37 bits per heavy atom. The van der Waals surface area contributed by atoms with Gasteiger partial charge >= 0.3 is 0 Å². The zero-order valence-corrected chi connectivity index (χ0v) is 20.9. The Labute approximate surface area is 212 Å². The van der Waals surface area contributed by atoms with Crippen molar-refractivity contribution in [3.8, 4) is 0 Å². The van der Waals surface area contributed by atoms with E-state index in [1.807, 2.05) is 13.8 Å². The SMILES string of the molecule is Cc1ccc(N(CC(=O)N/N=C\c2ccc(Cl)c([N+](=O)[O-])c2)S(=O)(=O)c2ccc(Cl)cc2)cc1C. The highest BCUT2D eigenvalue weighted by Crippen LogP contribution is 2.27. The molecule has 1 N–H and O–H groups in total. The van der Waals surface area contributed by atoms with E-state index in [0.29, 0.717) is 16.3 Å². The van der Waals surface area contributed by atoms with Crippen LogP contribution in [0, 0.1) is 24.0 Å². The molecule has 0 aliphatic rings. The molecule has 3 rings (SSSR count). The van der Waals surface area contributed by atoms with Gasteiger partial charge in [-0.05, 0) is 67.4 Å². The summed E-state index contributed by atoms with van der Waals surface area (Å²) in [5, 5.41) is 15.1. The molecule has 0 aliphatic heterocycles. The summed E-state index contributed by atoms with van der Waals surface area (Å²) in [6, 6.07) is 14.7. The van der Waals surface area contributed by atoms with Crippen LogP contribution >= 0.6 is 23.2 Å². The molecule has 0 spiro atoms. The predicted molar refractivity (Wildman–Crippen MR) is 136 cm³/mol. The molecule has 0 saturated carbocycles. The van der Waals surface area contributed by atoms with Gasteiger partial charge in [0.1, 0.15) is 11.6 Å². The zero-order valence-electron chi connectivity index (χ0n) is 18.6. The predicted octanol–water partition coefficient (Wildman–Crippen LogP) is 4.86. The Kier molecular flexibility index (Phi) is 8.11. The molecule has 0 bridgehead atoms. The van der Waals surface area contributed by atoms with Crippen molar-refractivity contribution in [3.05, 3.63) is 97.5 Å². The molecule has 1 amide bonds. The number of nitro groups is 1.